The zero-order chi connectivity index (χ0) is 19.6. The second kappa shape index (κ2) is 7.66. The van der Waals surface area contributed by atoms with E-state index in [4.69, 9.17) is 9.47 Å². The molecular weight excluding hydrogens is 342 g/mol. The molecule has 0 aromatic heterocycles. The lowest BCUT2D eigenvalue weighted by molar-refractivity contribution is 0.354. The first-order valence-corrected chi connectivity index (χ1v) is 8.82. The van der Waals surface area contributed by atoms with Crippen LogP contribution in [0.25, 0.3) is 11.1 Å². The Balaban J connectivity index is 1.74. The monoisotopic (exact) mass is 365 g/mol. The van der Waals surface area contributed by atoms with E-state index < -0.39 is 10.9 Å². The van der Waals surface area contributed by atoms with Gasteiger partial charge >= 0.3 is 0 Å². The number of methoxy groups -OCH3 is 2. The summed E-state index contributed by atoms with van der Waals surface area (Å²) in [6, 6.07) is 11.5. The lowest BCUT2D eigenvalue weighted by Gasteiger charge is -2.15. The molecule has 0 unspecified atom stereocenters. The second-order valence-corrected chi connectivity index (χ2v) is 6.57. The van der Waals surface area contributed by atoms with Crippen molar-refractivity contribution >= 4 is 5.69 Å². The first-order valence-electron chi connectivity index (χ1n) is 8.82. The van der Waals surface area contributed by atoms with Crippen LogP contribution < -0.4 is 25.6 Å². The van der Waals surface area contributed by atoms with Crippen molar-refractivity contribution < 1.29 is 9.47 Å². The summed E-state index contributed by atoms with van der Waals surface area (Å²) in [5.74, 6) is 1.34. The van der Waals surface area contributed by atoms with Gasteiger partial charge in [0.15, 0.2) is 11.5 Å². The highest BCUT2D eigenvalue weighted by Gasteiger charge is 2.22. The Morgan fingerprint density at radius 3 is 2.26 bits per heavy atom. The number of hydrogen-bond acceptors (Lipinski definition) is 5. The molecule has 0 fully saturated rings. The zero-order valence-electron chi connectivity index (χ0n) is 16.0. The number of ether oxygens (including phenoxy) is 2. The van der Waals surface area contributed by atoms with E-state index in [9.17, 15) is 9.59 Å². The van der Waals surface area contributed by atoms with Crippen molar-refractivity contribution in [2.45, 2.75) is 20.3 Å². The fourth-order valence-corrected chi connectivity index (χ4v) is 3.10. The Morgan fingerprint density at radius 2 is 1.59 bits per heavy atom. The zero-order valence-corrected chi connectivity index (χ0v) is 16.0. The van der Waals surface area contributed by atoms with Crippen LogP contribution in [0.5, 0.6) is 11.5 Å². The Labute approximate surface area is 158 Å². The van der Waals surface area contributed by atoms with Gasteiger partial charge in [-0.25, -0.2) is 0 Å². The third kappa shape index (κ3) is 3.58. The number of nitrogens with one attached hydrogen (secondary N) is 1. The number of hydrogen-bond donors (Lipinski definition) is 1. The summed E-state index contributed by atoms with van der Waals surface area (Å²) in [7, 11) is 3.19. The Kier molecular flexibility index (Phi) is 5.31. The van der Waals surface area contributed by atoms with Crippen molar-refractivity contribution in [3.8, 4) is 22.6 Å². The van der Waals surface area contributed by atoms with E-state index in [-0.39, 0.29) is 0 Å². The number of anilines is 1. The summed E-state index contributed by atoms with van der Waals surface area (Å²) in [6.45, 7) is 4.55. The van der Waals surface area contributed by atoms with Crippen molar-refractivity contribution in [3.05, 3.63) is 73.5 Å². The van der Waals surface area contributed by atoms with Gasteiger partial charge in [-0.15, -0.1) is 0 Å². The molecule has 0 aliphatic heterocycles. The highest BCUT2D eigenvalue weighted by atomic mass is 16.5. The summed E-state index contributed by atoms with van der Waals surface area (Å²) in [4.78, 5) is 24.1. The molecule has 0 radical (unpaired) electrons. The Hall–Kier alpha value is -3.08. The van der Waals surface area contributed by atoms with Gasteiger partial charge in [-0.3, -0.25) is 9.59 Å². The number of rotatable bonds is 7. The minimum Gasteiger partial charge on any atom is -0.493 e. The van der Waals surface area contributed by atoms with Gasteiger partial charge in [0.1, 0.15) is 0 Å². The summed E-state index contributed by atoms with van der Waals surface area (Å²) >= 11 is 0. The maximum atomic E-state index is 12.1. The second-order valence-electron chi connectivity index (χ2n) is 6.57. The quantitative estimate of drug-likeness (QED) is 0.651. The third-order valence-corrected chi connectivity index (χ3v) is 4.87. The van der Waals surface area contributed by atoms with Crippen LogP contribution in [0.4, 0.5) is 5.69 Å². The molecule has 3 aromatic carbocycles. The van der Waals surface area contributed by atoms with Gasteiger partial charge in [0.05, 0.1) is 25.5 Å². The molecule has 0 saturated heterocycles. The molecule has 0 bridgehead atoms. The topological polar surface area (TPSA) is 64.6 Å². The molecule has 0 aliphatic rings. The van der Waals surface area contributed by atoms with Crippen molar-refractivity contribution in [1.82, 2.24) is 0 Å². The fourth-order valence-electron chi connectivity index (χ4n) is 3.10. The van der Waals surface area contributed by atoms with Crippen LogP contribution in [0.1, 0.15) is 16.7 Å². The molecule has 27 heavy (non-hydrogen) atoms. The van der Waals surface area contributed by atoms with Crippen molar-refractivity contribution in [2.24, 2.45) is 0 Å². The average molecular weight is 365 g/mol. The van der Waals surface area contributed by atoms with Gasteiger partial charge in [-0.2, -0.15) is 0 Å². The first kappa shape index (κ1) is 18.7. The summed E-state index contributed by atoms with van der Waals surface area (Å²) < 4.78 is 10.5. The molecule has 3 aromatic rings. The maximum Gasteiger partial charge on any atom is 0.250 e. The van der Waals surface area contributed by atoms with Crippen LogP contribution in [-0.4, -0.2) is 20.8 Å². The largest absolute Gasteiger partial charge is 0.493 e. The van der Waals surface area contributed by atoms with Crippen LogP contribution in [0.3, 0.4) is 0 Å². The SMILES string of the molecule is COc1ccc(CCNc2c(-c3ccc(C)c(C)c3)c(=O)c2=O)cc1OC. The molecule has 0 aliphatic carbocycles. The third-order valence-electron chi connectivity index (χ3n) is 4.87. The molecule has 0 amide bonds. The maximum absolute atomic E-state index is 12.1. The van der Waals surface area contributed by atoms with Gasteiger partial charge in [0.25, 0.3) is 0 Å². The smallest absolute Gasteiger partial charge is 0.250 e. The summed E-state index contributed by atoms with van der Waals surface area (Å²) in [5, 5.41) is 3.13. The molecule has 0 spiro atoms. The standard InChI is InChI=1S/C22H23NO4/c1-13-5-7-16(11-14(13)2)19-20(22(25)21(19)24)23-10-9-15-6-8-17(26-3)18(12-15)27-4/h5-8,11-12,23H,9-10H2,1-4H3. The lowest BCUT2D eigenvalue weighted by atomic mass is 9.95. The van der Waals surface area contributed by atoms with Gasteiger partial charge in [-0.05, 0) is 54.7 Å². The first-order chi connectivity index (χ1) is 13.0. The Morgan fingerprint density at radius 1 is 0.852 bits per heavy atom. The van der Waals surface area contributed by atoms with Crippen LogP contribution in [0.15, 0.2) is 46.0 Å². The molecule has 1 N–H and O–H groups in total. The normalized spacial score (nSPS) is 10.8. The molecule has 0 heterocycles. The lowest BCUT2D eigenvalue weighted by Crippen LogP contribution is -2.36. The van der Waals surface area contributed by atoms with Gasteiger partial charge in [0.2, 0.25) is 10.9 Å². The van der Waals surface area contributed by atoms with Crippen LogP contribution >= 0.6 is 0 Å². The molecule has 5 nitrogen and oxygen atoms in total. The summed E-state index contributed by atoms with van der Waals surface area (Å²) in [6.07, 6.45) is 0.686. The van der Waals surface area contributed by atoms with E-state index >= 15 is 0 Å². The molecule has 0 saturated carbocycles. The van der Waals surface area contributed by atoms with E-state index in [1.807, 2.05) is 50.2 Å². The number of benzene rings is 2. The highest BCUT2D eigenvalue weighted by Crippen LogP contribution is 2.28. The molecule has 0 atom stereocenters. The minimum absolute atomic E-state index is 0.406. The molecular formula is C22H23NO4. The van der Waals surface area contributed by atoms with Gasteiger partial charge in [-0.1, -0.05) is 24.3 Å². The Bertz CT molecular complexity index is 1050. The van der Waals surface area contributed by atoms with E-state index in [1.54, 1.807) is 14.2 Å². The van der Waals surface area contributed by atoms with Crippen LogP contribution in [-0.2, 0) is 6.42 Å². The highest BCUT2D eigenvalue weighted by molar-refractivity contribution is 5.82. The van der Waals surface area contributed by atoms with Crippen LogP contribution in [0, 0.1) is 13.8 Å². The van der Waals surface area contributed by atoms with Gasteiger partial charge < -0.3 is 14.8 Å². The fraction of sp³-hybridized carbons (Fsp3) is 0.273. The number of aryl methyl sites for hydroxylation is 2. The van der Waals surface area contributed by atoms with E-state index in [1.165, 1.54) is 0 Å². The predicted molar refractivity (Wildman–Crippen MR) is 108 cm³/mol. The summed E-state index contributed by atoms with van der Waals surface area (Å²) in [5.41, 5.74) is 4.10. The van der Waals surface area contributed by atoms with E-state index in [0.717, 1.165) is 22.3 Å². The molecule has 140 valence electrons. The van der Waals surface area contributed by atoms with Gasteiger partial charge in [0, 0.05) is 6.54 Å². The minimum atomic E-state index is -0.449. The van der Waals surface area contributed by atoms with E-state index in [0.29, 0.717) is 35.7 Å². The molecule has 3 rings (SSSR count). The van der Waals surface area contributed by atoms with Crippen molar-refractivity contribution in [2.75, 3.05) is 26.1 Å². The predicted octanol–water partition coefficient (Wildman–Crippen LogP) is 3.24. The van der Waals surface area contributed by atoms with Crippen molar-refractivity contribution in [1.29, 1.82) is 0 Å². The average Bonchev–Trinajstić information content (AvgIpc) is 2.69. The molecule has 5 heteroatoms. The van der Waals surface area contributed by atoms with E-state index in [2.05, 4.69) is 5.32 Å². The van der Waals surface area contributed by atoms with Crippen molar-refractivity contribution in [3.63, 3.8) is 0 Å². The van der Waals surface area contributed by atoms with Crippen LogP contribution in [0.2, 0.25) is 0 Å².